The summed E-state index contributed by atoms with van der Waals surface area (Å²) in [6.07, 6.45) is 12.8. The Balaban J connectivity index is 1.19. The van der Waals surface area contributed by atoms with E-state index in [-0.39, 0.29) is 5.91 Å². The summed E-state index contributed by atoms with van der Waals surface area (Å²) in [7, 11) is 0. The zero-order valence-corrected chi connectivity index (χ0v) is 18.5. The second-order valence-corrected chi connectivity index (χ2v) is 10.6. The number of nitrogens with one attached hydrogen (secondary N) is 1. The Hall–Kier alpha value is -1.89. The number of carbonyl (C=O) groups excluding carboxylic acids is 1. The lowest BCUT2D eigenvalue weighted by atomic mass is 9.49. The van der Waals surface area contributed by atoms with Crippen molar-refractivity contribution < 1.29 is 4.79 Å². The molecule has 0 atom stereocenters. The van der Waals surface area contributed by atoms with Crippen LogP contribution >= 0.6 is 11.8 Å². The third kappa shape index (κ3) is 4.01. The van der Waals surface area contributed by atoms with E-state index < -0.39 is 0 Å². The van der Waals surface area contributed by atoms with Gasteiger partial charge in [0.25, 0.3) is 0 Å². The molecule has 2 heterocycles. The molecule has 0 aliphatic heterocycles. The summed E-state index contributed by atoms with van der Waals surface area (Å²) in [6, 6.07) is 3.89. The Kier molecular flexibility index (Phi) is 5.56. The molecule has 0 aromatic carbocycles. The van der Waals surface area contributed by atoms with Gasteiger partial charge in [-0.3, -0.25) is 9.78 Å². The number of hydrogen-bond acceptors (Lipinski definition) is 5. The maximum Gasteiger partial charge on any atom is 0.230 e. The van der Waals surface area contributed by atoms with Crippen LogP contribution in [-0.2, 0) is 11.3 Å². The highest BCUT2D eigenvalue weighted by Crippen LogP contribution is 2.59. The molecule has 0 unspecified atom stereocenters. The van der Waals surface area contributed by atoms with E-state index in [9.17, 15) is 4.79 Å². The van der Waals surface area contributed by atoms with Gasteiger partial charge in [0.05, 0.1) is 5.75 Å². The molecule has 0 saturated heterocycles. The minimum absolute atomic E-state index is 0.118. The van der Waals surface area contributed by atoms with Gasteiger partial charge < -0.3 is 9.88 Å². The van der Waals surface area contributed by atoms with Crippen LogP contribution in [0, 0.1) is 23.2 Å². The van der Waals surface area contributed by atoms with Crippen LogP contribution in [0.2, 0.25) is 0 Å². The molecule has 4 aliphatic rings. The van der Waals surface area contributed by atoms with Crippen LogP contribution in [-0.4, -0.2) is 38.0 Å². The van der Waals surface area contributed by atoms with Gasteiger partial charge in [0.2, 0.25) is 5.91 Å². The Morgan fingerprint density at radius 2 is 1.80 bits per heavy atom. The van der Waals surface area contributed by atoms with Crippen LogP contribution in [0.3, 0.4) is 0 Å². The number of carbonyl (C=O) groups is 1. The first kappa shape index (κ1) is 20.0. The van der Waals surface area contributed by atoms with E-state index in [1.807, 2.05) is 12.1 Å². The fourth-order valence-electron chi connectivity index (χ4n) is 6.51. The van der Waals surface area contributed by atoms with E-state index in [0.29, 0.717) is 11.2 Å². The van der Waals surface area contributed by atoms with E-state index in [1.54, 1.807) is 12.4 Å². The molecule has 0 spiro atoms. The summed E-state index contributed by atoms with van der Waals surface area (Å²) in [5, 5.41) is 12.8. The van der Waals surface area contributed by atoms with E-state index in [4.69, 9.17) is 0 Å². The largest absolute Gasteiger partial charge is 0.355 e. The minimum atomic E-state index is 0.118. The van der Waals surface area contributed by atoms with E-state index in [2.05, 4.69) is 32.0 Å². The number of nitrogens with zero attached hydrogens (tertiary/aromatic N) is 4. The molecule has 4 fully saturated rings. The molecule has 2 aromatic rings. The normalized spacial score (nSPS) is 29.3. The third-order valence-corrected chi connectivity index (χ3v) is 8.23. The molecular weight excluding hydrogens is 394 g/mol. The van der Waals surface area contributed by atoms with Crippen molar-refractivity contribution in [3.63, 3.8) is 0 Å². The Morgan fingerprint density at radius 1 is 1.13 bits per heavy atom. The second-order valence-electron chi connectivity index (χ2n) is 9.68. The molecule has 4 aliphatic carbocycles. The summed E-state index contributed by atoms with van der Waals surface area (Å²) in [4.78, 5) is 16.7. The first-order valence-electron chi connectivity index (χ1n) is 11.4. The smallest absolute Gasteiger partial charge is 0.230 e. The highest BCUT2D eigenvalue weighted by Gasteiger charge is 2.50. The second kappa shape index (κ2) is 8.33. The average Bonchev–Trinajstić information content (AvgIpc) is 3.13. The maximum absolute atomic E-state index is 12.7. The van der Waals surface area contributed by atoms with Gasteiger partial charge >= 0.3 is 0 Å². The molecule has 1 N–H and O–H groups in total. The molecular formula is C23H31N5OS. The third-order valence-electron chi connectivity index (χ3n) is 7.26. The minimum Gasteiger partial charge on any atom is -0.355 e. The van der Waals surface area contributed by atoms with Gasteiger partial charge in [0.1, 0.15) is 0 Å². The highest BCUT2D eigenvalue weighted by atomic mass is 32.2. The van der Waals surface area contributed by atoms with E-state index in [1.165, 1.54) is 50.3 Å². The Labute approximate surface area is 182 Å². The zero-order chi connectivity index (χ0) is 20.6. The monoisotopic (exact) mass is 425 g/mol. The van der Waals surface area contributed by atoms with Gasteiger partial charge in [-0.1, -0.05) is 18.7 Å². The first-order valence-corrected chi connectivity index (χ1v) is 12.4. The van der Waals surface area contributed by atoms with Gasteiger partial charge in [-0.05, 0) is 80.2 Å². The summed E-state index contributed by atoms with van der Waals surface area (Å²) in [6.45, 7) is 3.84. The lowest BCUT2D eigenvalue weighted by Crippen LogP contribution is -2.51. The average molecular weight is 426 g/mol. The molecule has 7 heteroatoms. The van der Waals surface area contributed by atoms with Crippen LogP contribution in [0.25, 0.3) is 11.4 Å². The van der Waals surface area contributed by atoms with Gasteiger partial charge in [0, 0.05) is 31.0 Å². The lowest BCUT2D eigenvalue weighted by Gasteiger charge is -2.56. The molecule has 1 amide bonds. The number of rotatable bonds is 8. The first-order chi connectivity index (χ1) is 14.6. The molecule has 2 aromatic heterocycles. The van der Waals surface area contributed by atoms with Gasteiger partial charge in [0.15, 0.2) is 11.0 Å². The molecule has 4 bridgehead atoms. The van der Waals surface area contributed by atoms with Crippen LogP contribution in [0.1, 0.15) is 51.9 Å². The van der Waals surface area contributed by atoms with Crippen molar-refractivity contribution >= 4 is 17.7 Å². The number of hydrogen-bond donors (Lipinski definition) is 1. The number of amides is 1. The lowest BCUT2D eigenvalue weighted by molar-refractivity contribution is -0.120. The summed E-state index contributed by atoms with van der Waals surface area (Å²) in [5.74, 6) is 4.11. The van der Waals surface area contributed by atoms with Crippen LogP contribution in [0.4, 0.5) is 0 Å². The SMILES string of the molecule is CCCn1c(SCC(=O)NCC23CC4CC(CC(C4)C2)C3)nnc1-c1ccncc1. The Bertz CT molecular complexity index is 861. The van der Waals surface area contributed by atoms with E-state index in [0.717, 1.165) is 53.8 Å². The van der Waals surface area contributed by atoms with Crippen molar-refractivity contribution in [2.24, 2.45) is 23.2 Å². The van der Waals surface area contributed by atoms with Crippen molar-refractivity contribution in [2.45, 2.75) is 63.6 Å². The molecule has 160 valence electrons. The van der Waals surface area contributed by atoms with Crippen LogP contribution in [0.15, 0.2) is 29.7 Å². The maximum atomic E-state index is 12.7. The van der Waals surface area contributed by atoms with Gasteiger partial charge in [-0.2, -0.15) is 0 Å². The fourth-order valence-corrected chi connectivity index (χ4v) is 7.30. The van der Waals surface area contributed by atoms with Crippen LogP contribution in [0.5, 0.6) is 0 Å². The van der Waals surface area contributed by atoms with Crippen molar-refractivity contribution in [3.05, 3.63) is 24.5 Å². The molecule has 4 saturated carbocycles. The number of thioether (sulfide) groups is 1. The molecule has 6 rings (SSSR count). The van der Waals surface area contributed by atoms with Gasteiger partial charge in [-0.25, -0.2) is 0 Å². The van der Waals surface area contributed by atoms with E-state index >= 15 is 0 Å². The van der Waals surface area contributed by atoms with Crippen molar-refractivity contribution in [3.8, 4) is 11.4 Å². The number of aromatic nitrogens is 4. The highest BCUT2D eigenvalue weighted by molar-refractivity contribution is 7.99. The van der Waals surface area contributed by atoms with Crippen molar-refractivity contribution in [1.29, 1.82) is 0 Å². The molecule has 0 radical (unpaired) electrons. The van der Waals surface area contributed by atoms with Crippen molar-refractivity contribution in [1.82, 2.24) is 25.1 Å². The van der Waals surface area contributed by atoms with Gasteiger partial charge in [-0.15, -0.1) is 10.2 Å². The summed E-state index contributed by atoms with van der Waals surface area (Å²) in [5.41, 5.74) is 1.38. The predicted octanol–water partition coefficient (Wildman–Crippen LogP) is 4.17. The zero-order valence-electron chi connectivity index (χ0n) is 17.7. The van der Waals surface area contributed by atoms with Crippen molar-refractivity contribution in [2.75, 3.05) is 12.3 Å². The quantitative estimate of drug-likeness (QED) is 0.643. The van der Waals surface area contributed by atoms with Crippen LogP contribution < -0.4 is 5.32 Å². The summed E-state index contributed by atoms with van der Waals surface area (Å²) >= 11 is 1.49. The molecule has 6 nitrogen and oxygen atoms in total. The fraction of sp³-hybridized carbons (Fsp3) is 0.652. The summed E-state index contributed by atoms with van der Waals surface area (Å²) < 4.78 is 2.12. The Morgan fingerprint density at radius 3 is 2.43 bits per heavy atom. The standard InChI is InChI=1S/C23H31N5OS/c1-2-7-28-21(19-3-5-24-6-4-19)26-27-22(28)30-14-20(29)25-15-23-11-16-8-17(12-23)10-18(9-16)13-23/h3-6,16-18H,2,7-15H2,1H3,(H,25,29). The topological polar surface area (TPSA) is 72.7 Å². The predicted molar refractivity (Wildman–Crippen MR) is 118 cm³/mol. The molecule has 30 heavy (non-hydrogen) atoms. The number of pyridine rings is 1.